The van der Waals surface area contributed by atoms with Gasteiger partial charge in [0.15, 0.2) is 0 Å². The van der Waals surface area contributed by atoms with Gasteiger partial charge >= 0.3 is 0 Å². The van der Waals surface area contributed by atoms with Crippen LogP contribution in [0.5, 0.6) is 0 Å². The molecule has 0 fully saturated rings. The first-order valence-corrected chi connectivity index (χ1v) is 7.41. The van der Waals surface area contributed by atoms with Crippen LogP contribution in [0.4, 0.5) is 4.39 Å². The summed E-state index contributed by atoms with van der Waals surface area (Å²) >= 11 is 0. The van der Waals surface area contributed by atoms with Gasteiger partial charge < -0.3 is 5.32 Å². The van der Waals surface area contributed by atoms with Crippen molar-refractivity contribution in [2.45, 2.75) is 13.1 Å². The molecule has 3 rings (SSSR count). The molecule has 2 heteroatoms. The van der Waals surface area contributed by atoms with E-state index in [0.29, 0.717) is 12.1 Å². The van der Waals surface area contributed by atoms with Crippen LogP contribution in [0.1, 0.15) is 11.1 Å². The second-order valence-electron chi connectivity index (χ2n) is 5.26. The molecule has 0 saturated heterocycles. The zero-order valence-corrected chi connectivity index (χ0v) is 12.3. The first-order valence-electron chi connectivity index (χ1n) is 7.41. The van der Waals surface area contributed by atoms with Crippen LogP contribution in [0.3, 0.4) is 0 Å². The monoisotopic (exact) mass is 291 g/mol. The normalized spacial score (nSPS) is 10.6. The summed E-state index contributed by atoms with van der Waals surface area (Å²) in [5, 5.41) is 3.28. The predicted octanol–water partition coefficient (Wildman–Crippen LogP) is 4.78. The van der Waals surface area contributed by atoms with E-state index in [0.717, 1.165) is 6.54 Å². The van der Waals surface area contributed by atoms with Crippen molar-refractivity contribution in [2.75, 3.05) is 0 Å². The number of hydrogen-bond donors (Lipinski definition) is 1. The van der Waals surface area contributed by atoms with E-state index in [1.54, 1.807) is 12.1 Å². The molecule has 0 amide bonds. The summed E-state index contributed by atoms with van der Waals surface area (Å²) in [7, 11) is 0. The molecule has 22 heavy (non-hydrogen) atoms. The number of hydrogen-bond acceptors (Lipinski definition) is 1. The Bertz CT molecular complexity index is 720. The standard InChI is InChI=1S/C20H18FN/c21-20-9-5-4-8-19(20)15-22-14-16-10-12-18(13-11-16)17-6-2-1-3-7-17/h1-13,22H,14-15H2. The maximum Gasteiger partial charge on any atom is 0.127 e. The lowest BCUT2D eigenvalue weighted by molar-refractivity contribution is 0.588. The third-order valence-corrected chi connectivity index (χ3v) is 3.66. The SMILES string of the molecule is Fc1ccccc1CNCc1ccc(-c2ccccc2)cc1. The summed E-state index contributed by atoms with van der Waals surface area (Å²) in [5.41, 5.74) is 4.31. The minimum atomic E-state index is -0.158. The van der Waals surface area contributed by atoms with Crippen LogP contribution >= 0.6 is 0 Å². The lowest BCUT2D eigenvalue weighted by atomic mass is 10.0. The van der Waals surface area contributed by atoms with Crippen LogP contribution in [0, 0.1) is 5.82 Å². The van der Waals surface area contributed by atoms with E-state index in [-0.39, 0.29) is 5.82 Å². The Balaban J connectivity index is 1.59. The molecule has 0 heterocycles. The summed E-state index contributed by atoms with van der Waals surface area (Å²) < 4.78 is 13.5. The molecular formula is C20H18FN. The van der Waals surface area contributed by atoms with Crippen LogP contribution in [0.2, 0.25) is 0 Å². The molecule has 0 aliphatic carbocycles. The van der Waals surface area contributed by atoms with Crippen LogP contribution in [-0.4, -0.2) is 0 Å². The smallest absolute Gasteiger partial charge is 0.127 e. The molecule has 0 aliphatic heterocycles. The molecule has 0 radical (unpaired) electrons. The average molecular weight is 291 g/mol. The summed E-state index contributed by atoms with van der Waals surface area (Å²) in [6.07, 6.45) is 0. The Kier molecular flexibility index (Phi) is 4.62. The molecule has 0 saturated carbocycles. The highest BCUT2D eigenvalue weighted by Gasteiger charge is 2.01. The van der Waals surface area contributed by atoms with Gasteiger partial charge in [-0.2, -0.15) is 0 Å². The molecular weight excluding hydrogens is 273 g/mol. The van der Waals surface area contributed by atoms with Crippen molar-refractivity contribution in [3.8, 4) is 11.1 Å². The second-order valence-corrected chi connectivity index (χ2v) is 5.26. The molecule has 0 spiro atoms. The summed E-state index contributed by atoms with van der Waals surface area (Å²) in [4.78, 5) is 0. The number of halogens is 1. The minimum Gasteiger partial charge on any atom is -0.309 e. The van der Waals surface area contributed by atoms with E-state index in [1.807, 2.05) is 24.3 Å². The molecule has 3 aromatic carbocycles. The Morgan fingerprint density at radius 2 is 1.27 bits per heavy atom. The lowest BCUT2D eigenvalue weighted by Crippen LogP contribution is -2.13. The Hall–Kier alpha value is -2.45. The van der Waals surface area contributed by atoms with Gasteiger partial charge in [0.05, 0.1) is 0 Å². The van der Waals surface area contributed by atoms with Gasteiger partial charge in [-0.15, -0.1) is 0 Å². The van der Waals surface area contributed by atoms with Gasteiger partial charge in [0.1, 0.15) is 5.82 Å². The number of nitrogens with one attached hydrogen (secondary N) is 1. The third-order valence-electron chi connectivity index (χ3n) is 3.66. The van der Waals surface area contributed by atoms with Crippen molar-refractivity contribution in [2.24, 2.45) is 0 Å². The molecule has 0 unspecified atom stereocenters. The number of benzene rings is 3. The van der Waals surface area contributed by atoms with Crippen molar-refractivity contribution >= 4 is 0 Å². The van der Waals surface area contributed by atoms with E-state index in [9.17, 15) is 4.39 Å². The molecule has 0 atom stereocenters. The van der Waals surface area contributed by atoms with Gasteiger partial charge in [-0.3, -0.25) is 0 Å². The number of rotatable bonds is 5. The first kappa shape index (κ1) is 14.5. The van der Waals surface area contributed by atoms with E-state index < -0.39 is 0 Å². The van der Waals surface area contributed by atoms with Gasteiger partial charge in [0, 0.05) is 18.7 Å². The fourth-order valence-electron chi connectivity index (χ4n) is 2.43. The van der Waals surface area contributed by atoms with Crippen LogP contribution < -0.4 is 5.32 Å². The van der Waals surface area contributed by atoms with Crippen molar-refractivity contribution in [1.82, 2.24) is 5.32 Å². The third kappa shape index (κ3) is 3.60. The maximum atomic E-state index is 13.5. The average Bonchev–Trinajstić information content (AvgIpc) is 2.58. The molecule has 0 bridgehead atoms. The van der Waals surface area contributed by atoms with Crippen molar-refractivity contribution in [1.29, 1.82) is 0 Å². The zero-order valence-electron chi connectivity index (χ0n) is 12.3. The zero-order chi connectivity index (χ0) is 15.2. The molecule has 0 aromatic heterocycles. The van der Waals surface area contributed by atoms with Crippen LogP contribution in [-0.2, 0) is 13.1 Å². The molecule has 1 nitrogen and oxygen atoms in total. The highest BCUT2D eigenvalue weighted by Crippen LogP contribution is 2.19. The second kappa shape index (κ2) is 7.01. The molecule has 110 valence electrons. The summed E-state index contributed by atoms with van der Waals surface area (Å²) in [6, 6.07) is 25.6. The van der Waals surface area contributed by atoms with E-state index >= 15 is 0 Å². The van der Waals surface area contributed by atoms with Gasteiger partial charge in [0.2, 0.25) is 0 Å². The summed E-state index contributed by atoms with van der Waals surface area (Å²) in [5.74, 6) is -0.158. The van der Waals surface area contributed by atoms with Crippen LogP contribution in [0.15, 0.2) is 78.9 Å². The van der Waals surface area contributed by atoms with Gasteiger partial charge in [0.25, 0.3) is 0 Å². The fourth-order valence-corrected chi connectivity index (χ4v) is 2.43. The Morgan fingerprint density at radius 1 is 0.636 bits per heavy atom. The Morgan fingerprint density at radius 3 is 2.00 bits per heavy atom. The fraction of sp³-hybridized carbons (Fsp3) is 0.100. The maximum absolute atomic E-state index is 13.5. The highest BCUT2D eigenvalue weighted by molar-refractivity contribution is 5.63. The highest BCUT2D eigenvalue weighted by atomic mass is 19.1. The first-order chi connectivity index (χ1) is 10.8. The Labute approximate surface area is 130 Å². The van der Waals surface area contributed by atoms with E-state index in [1.165, 1.54) is 22.8 Å². The van der Waals surface area contributed by atoms with Crippen molar-refractivity contribution < 1.29 is 4.39 Å². The van der Waals surface area contributed by atoms with E-state index in [4.69, 9.17) is 0 Å². The topological polar surface area (TPSA) is 12.0 Å². The quantitative estimate of drug-likeness (QED) is 0.713. The van der Waals surface area contributed by atoms with Crippen LogP contribution in [0.25, 0.3) is 11.1 Å². The lowest BCUT2D eigenvalue weighted by Gasteiger charge is -2.07. The molecule has 0 aliphatic rings. The largest absolute Gasteiger partial charge is 0.309 e. The van der Waals surface area contributed by atoms with Gasteiger partial charge in [-0.25, -0.2) is 4.39 Å². The predicted molar refractivity (Wildman–Crippen MR) is 88.8 cm³/mol. The molecule has 3 aromatic rings. The van der Waals surface area contributed by atoms with E-state index in [2.05, 4.69) is 41.7 Å². The van der Waals surface area contributed by atoms with Gasteiger partial charge in [-0.05, 0) is 22.8 Å². The molecule has 1 N–H and O–H groups in total. The van der Waals surface area contributed by atoms with Crippen molar-refractivity contribution in [3.05, 3.63) is 95.8 Å². The minimum absolute atomic E-state index is 0.158. The van der Waals surface area contributed by atoms with Crippen molar-refractivity contribution in [3.63, 3.8) is 0 Å². The van der Waals surface area contributed by atoms with Gasteiger partial charge in [-0.1, -0.05) is 72.8 Å². The summed E-state index contributed by atoms with van der Waals surface area (Å²) in [6.45, 7) is 1.26.